The fraction of sp³-hybridized carbons (Fsp3) is 0.0833. The van der Waals surface area contributed by atoms with E-state index in [1.54, 1.807) is 38.1 Å². The second kappa shape index (κ2) is 10.4. The summed E-state index contributed by atoms with van der Waals surface area (Å²) in [6.07, 6.45) is 0. The summed E-state index contributed by atoms with van der Waals surface area (Å²) in [6.45, 7) is 3.50. The molecule has 0 aromatic heterocycles. The Bertz CT molecular complexity index is 1290. The van der Waals surface area contributed by atoms with Gasteiger partial charge in [-0.05, 0) is 47.9 Å². The largest absolute Gasteiger partial charge is 0.871 e. The topological polar surface area (TPSA) is 234 Å². The highest BCUT2D eigenvalue weighted by atomic mass is 16.4. The molecule has 0 amide bonds. The van der Waals surface area contributed by atoms with Gasteiger partial charge in [0.15, 0.2) is 0 Å². The molecule has 10 heteroatoms. The van der Waals surface area contributed by atoms with Gasteiger partial charge in [0.2, 0.25) is 0 Å². The number of quaternary nitrogens is 2. The molecule has 0 fully saturated rings. The summed E-state index contributed by atoms with van der Waals surface area (Å²) in [4.78, 5) is 21.6. The quantitative estimate of drug-likeness (QED) is 0.250. The van der Waals surface area contributed by atoms with Crippen LogP contribution in [0.3, 0.4) is 0 Å². The summed E-state index contributed by atoms with van der Waals surface area (Å²) in [5, 5.41) is 61.9. The van der Waals surface area contributed by atoms with Crippen molar-refractivity contribution in [2.24, 2.45) is 0 Å². The fourth-order valence-corrected chi connectivity index (χ4v) is 3.55. The van der Waals surface area contributed by atoms with Gasteiger partial charge in [0, 0.05) is 10.8 Å². The highest BCUT2D eigenvalue weighted by molar-refractivity contribution is 6.04. The van der Waals surface area contributed by atoms with Gasteiger partial charge < -0.3 is 42.9 Å². The number of benzene rings is 4. The molecule has 0 atom stereocenters. The molecule has 4 rings (SSSR count). The number of hydrogen-bond donors (Lipinski definition) is 6. The molecule has 0 radical (unpaired) electrons. The zero-order chi connectivity index (χ0) is 23.7. The van der Waals surface area contributed by atoms with Crippen LogP contribution in [0.5, 0.6) is 23.0 Å². The first-order valence-electron chi connectivity index (χ1n) is 9.35. The number of rotatable bonds is 2. The van der Waals surface area contributed by atoms with E-state index in [1.165, 1.54) is 12.1 Å². The number of carboxylic acid groups (broad SMARTS) is 2. The molecule has 0 saturated heterocycles. The van der Waals surface area contributed by atoms with E-state index in [0.717, 1.165) is 23.3 Å². The Morgan fingerprint density at radius 3 is 1.29 bits per heavy atom. The van der Waals surface area contributed by atoms with E-state index in [0.29, 0.717) is 10.8 Å². The number of carbonyl (C=O) groups is 2. The van der Waals surface area contributed by atoms with Gasteiger partial charge in [0.25, 0.3) is 0 Å². The highest BCUT2D eigenvalue weighted by Crippen LogP contribution is 2.36. The maximum absolute atomic E-state index is 11.8. The Hall–Kier alpha value is -4.54. The summed E-state index contributed by atoms with van der Waals surface area (Å²) >= 11 is 0. The average molecular weight is 470 g/mol. The van der Waals surface area contributed by atoms with E-state index < -0.39 is 34.6 Å². The molecule has 0 bridgehead atoms. The third-order valence-corrected chi connectivity index (χ3v) is 5.06. The molecule has 12 N–H and O–H groups in total. The number of aryl methyl sites for hydroxylation is 2. The number of aromatic hydroxyl groups is 2. The van der Waals surface area contributed by atoms with Crippen molar-refractivity contribution in [3.8, 4) is 23.0 Å². The average Bonchev–Trinajstić information content (AvgIpc) is 2.73. The van der Waals surface area contributed by atoms with Gasteiger partial charge in [0.05, 0.1) is 11.1 Å². The second-order valence-electron chi connectivity index (χ2n) is 7.15. The first kappa shape index (κ1) is 27.5. The third-order valence-electron chi connectivity index (χ3n) is 5.06. The minimum Gasteiger partial charge on any atom is -0.871 e. The van der Waals surface area contributed by atoms with Crippen molar-refractivity contribution in [1.29, 1.82) is 0 Å². The maximum Gasteiger partial charge on any atom is 0.335 e. The number of fused-ring (bicyclic) bond motifs is 2. The van der Waals surface area contributed by atoms with Crippen molar-refractivity contribution in [1.82, 2.24) is 12.3 Å². The van der Waals surface area contributed by atoms with Crippen LogP contribution in [0.25, 0.3) is 21.5 Å². The zero-order valence-electron chi connectivity index (χ0n) is 19.0. The van der Waals surface area contributed by atoms with Gasteiger partial charge in [-0.2, -0.15) is 0 Å². The molecule has 10 nitrogen and oxygen atoms in total. The van der Waals surface area contributed by atoms with E-state index in [9.17, 15) is 30.0 Å². The molecule has 0 spiro atoms. The van der Waals surface area contributed by atoms with E-state index in [-0.39, 0.29) is 34.6 Å². The van der Waals surface area contributed by atoms with E-state index >= 15 is 0 Å². The fourth-order valence-electron chi connectivity index (χ4n) is 3.55. The molecule has 180 valence electrons. The summed E-state index contributed by atoms with van der Waals surface area (Å²) in [7, 11) is 0. The summed E-state index contributed by atoms with van der Waals surface area (Å²) in [5.74, 6) is -4.14. The molecule has 34 heavy (non-hydrogen) atoms. The number of phenolic OH excluding ortho intramolecular Hbond substituents is 2. The van der Waals surface area contributed by atoms with E-state index in [2.05, 4.69) is 0 Å². The van der Waals surface area contributed by atoms with Crippen molar-refractivity contribution in [3.63, 3.8) is 0 Å². The van der Waals surface area contributed by atoms with E-state index in [1.807, 2.05) is 0 Å². The Morgan fingerprint density at radius 1 is 0.676 bits per heavy atom. The Labute approximate surface area is 194 Å². The highest BCUT2D eigenvalue weighted by Gasteiger charge is 2.13. The first-order valence-corrected chi connectivity index (χ1v) is 9.35. The Morgan fingerprint density at radius 2 is 1.00 bits per heavy atom. The van der Waals surface area contributed by atoms with Gasteiger partial charge in [-0.3, -0.25) is 0 Å². The number of carboxylic acids is 2. The molecule has 0 heterocycles. The maximum atomic E-state index is 11.8. The smallest absolute Gasteiger partial charge is 0.335 e. The van der Waals surface area contributed by atoms with Crippen LogP contribution >= 0.6 is 0 Å². The minimum absolute atomic E-state index is 0. The molecular formula is C24H26N2O8. The molecule has 4 aromatic carbocycles. The molecule has 0 unspecified atom stereocenters. The minimum atomic E-state index is -1.33. The molecule has 0 aliphatic heterocycles. The van der Waals surface area contributed by atoms with Crippen LogP contribution in [0.4, 0.5) is 0 Å². The standard InChI is InChI=1S/2C12H10O4.2H3N/c2*1-6-3-2-4-7-10(6)9(13)5-8(11(7)14)12(15)16;;/h2*2-5,13-14H,1H3,(H,15,16);2*1H3. The number of aromatic carboxylic acids is 2. The Kier molecular flexibility index (Phi) is 8.40. The normalized spacial score (nSPS) is 9.94. The Balaban J connectivity index is 0.000000321. The molecule has 4 aromatic rings. The molecular weight excluding hydrogens is 444 g/mol. The van der Waals surface area contributed by atoms with Gasteiger partial charge in [-0.25, -0.2) is 9.59 Å². The molecule has 0 aliphatic carbocycles. The van der Waals surface area contributed by atoms with Crippen LogP contribution < -0.4 is 22.5 Å². The zero-order valence-corrected chi connectivity index (χ0v) is 19.0. The third kappa shape index (κ3) is 4.77. The van der Waals surface area contributed by atoms with Crippen molar-refractivity contribution < 1.29 is 40.2 Å². The number of hydrogen-bond acceptors (Lipinski definition) is 6. The monoisotopic (exact) mass is 470 g/mol. The van der Waals surface area contributed by atoms with E-state index in [4.69, 9.17) is 10.2 Å². The van der Waals surface area contributed by atoms with Crippen LogP contribution in [-0.4, -0.2) is 32.4 Å². The van der Waals surface area contributed by atoms with Crippen LogP contribution in [0.1, 0.15) is 31.8 Å². The molecule has 0 aliphatic rings. The predicted octanol–water partition coefficient (Wildman–Crippen LogP) is 4.00. The summed E-state index contributed by atoms with van der Waals surface area (Å²) in [5.41, 5.74) is 0.666. The van der Waals surface area contributed by atoms with Crippen molar-refractivity contribution in [2.45, 2.75) is 13.8 Å². The van der Waals surface area contributed by atoms with Gasteiger partial charge in [0.1, 0.15) is 11.5 Å². The van der Waals surface area contributed by atoms with Gasteiger partial charge >= 0.3 is 11.9 Å². The van der Waals surface area contributed by atoms with Gasteiger partial charge in [-0.15, -0.1) is 0 Å². The van der Waals surface area contributed by atoms with Crippen molar-refractivity contribution in [2.75, 3.05) is 0 Å². The molecule has 0 saturated carbocycles. The first-order chi connectivity index (χ1) is 15.0. The lowest BCUT2D eigenvalue weighted by atomic mass is 10.0. The summed E-state index contributed by atoms with van der Waals surface area (Å²) < 4.78 is 0. The SMILES string of the molecule is Cc1cccc2c([O-])c(C(=O)O)cc(O)c12.Cc1cccc2c([O-])c(C(=O)O)cc(O)c12.[NH4+].[NH4+]. The summed E-state index contributed by atoms with van der Waals surface area (Å²) in [6, 6.07) is 11.8. The second-order valence-corrected chi connectivity index (χ2v) is 7.15. The predicted molar refractivity (Wildman–Crippen MR) is 125 cm³/mol. The van der Waals surface area contributed by atoms with Crippen LogP contribution in [0, 0.1) is 13.8 Å². The van der Waals surface area contributed by atoms with Crippen LogP contribution in [0.2, 0.25) is 0 Å². The number of phenols is 2. The van der Waals surface area contributed by atoms with Crippen molar-refractivity contribution in [3.05, 3.63) is 70.8 Å². The van der Waals surface area contributed by atoms with Crippen molar-refractivity contribution >= 4 is 33.5 Å². The lowest BCUT2D eigenvalue weighted by molar-refractivity contribution is -0.267. The van der Waals surface area contributed by atoms with Crippen LogP contribution in [0.15, 0.2) is 48.5 Å². The van der Waals surface area contributed by atoms with Gasteiger partial charge in [-0.1, -0.05) is 47.9 Å². The lowest BCUT2D eigenvalue weighted by Gasteiger charge is -2.16. The lowest BCUT2D eigenvalue weighted by Crippen LogP contribution is -2.04. The van der Waals surface area contributed by atoms with Crippen LogP contribution in [-0.2, 0) is 0 Å².